The Morgan fingerprint density at radius 1 is 0.517 bits per heavy atom. The fraction of sp³-hybridized carbons (Fsp3) is 0.643. The van der Waals surface area contributed by atoms with Crippen molar-refractivity contribution in [2.24, 2.45) is 21.7 Å². The molecule has 2 aliphatic rings. The Hall–Kier alpha value is -0.326. The summed E-state index contributed by atoms with van der Waals surface area (Å²) in [5, 5.41) is 0. The van der Waals surface area contributed by atoms with Gasteiger partial charge in [-0.1, -0.05) is 95.9 Å². The summed E-state index contributed by atoms with van der Waals surface area (Å²) in [4.78, 5) is 0. The Balaban J connectivity index is -0.000000422. The summed E-state index contributed by atoms with van der Waals surface area (Å²) in [5.41, 5.74) is 6.71. The van der Waals surface area contributed by atoms with Crippen molar-refractivity contribution in [1.82, 2.24) is 0 Å². The van der Waals surface area contributed by atoms with E-state index in [1.54, 1.807) is 0 Å². The van der Waals surface area contributed by atoms with Gasteiger partial charge in [-0.2, -0.15) is 11.1 Å². The zero-order valence-corrected chi connectivity index (χ0v) is 23.6. The van der Waals surface area contributed by atoms with Crippen LogP contribution in [0.15, 0.2) is 34.4 Å². The molecule has 0 heterocycles. The Bertz CT molecular complexity index is 566. The van der Waals surface area contributed by atoms with Crippen molar-refractivity contribution in [3.05, 3.63) is 61.4 Å². The molecular weight excluding hydrogens is 384 g/mol. The Morgan fingerprint density at radius 2 is 0.759 bits per heavy atom. The zero-order chi connectivity index (χ0) is 20.6. The molecule has 0 amide bonds. The van der Waals surface area contributed by atoms with Crippen LogP contribution in [-0.2, 0) is 21.7 Å². The topological polar surface area (TPSA) is 0 Å². The molecule has 0 aromatic rings. The van der Waals surface area contributed by atoms with E-state index < -0.39 is 0 Å². The molecular formula is C28H48Ti. The second kappa shape index (κ2) is 11.3. The second-order valence-corrected chi connectivity index (χ2v) is 11.9. The summed E-state index contributed by atoms with van der Waals surface area (Å²) in [6, 6.07) is 0. The number of hydrogen-bond donors (Lipinski definition) is 0. The molecule has 0 radical (unpaired) electrons. The van der Waals surface area contributed by atoms with Gasteiger partial charge in [0.1, 0.15) is 0 Å². The third-order valence-corrected chi connectivity index (χ3v) is 5.02. The van der Waals surface area contributed by atoms with E-state index in [0.29, 0.717) is 0 Å². The van der Waals surface area contributed by atoms with Gasteiger partial charge in [0.15, 0.2) is 0 Å². The van der Waals surface area contributed by atoms with Crippen molar-refractivity contribution >= 4 is 0 Å². The van der Waals surface area contributed by atoms with E-state index in [2.05, 4.69) is 107 Å². The molecule has 0 aromatic carbocycles. The van der Waals surface area contributed by atoms with Gasteiger partial charge in [-0.15, -0.1) is 0 Å². The Kier molecular flexibility index (Phi) is 13.0. The summed E-state index contributed by atoms with van der Waals surface area (Å²) in [7, 11) is 0. The van der Waals surface area contributed by atoms with Crippen LogP contribution in [0.4, 0.5) is 0 Å². The molecule has 0 fully saturated rings. The fourth-order valence-electron chi connectivity index (χ4n) is 2.91. The van der Waals surface area contributed by atoms with Gasteiger partial charge in [0.05, 0.1) is 0 Å². The fourth-order valence-corrected chi connectivity index (χ4v) is 2.91. The summed E-state index contributed by atoms with van der Waals surface area (Å²) >= 11 is 0. The van der Waals surface area contributed by atoms with Crippen molar-refractivity contribution < 1.29 is 21.7 Å². The van der Waals surface area contributed by atoms with Crippen LogP contribution in [0.3, 0.4) is 0 Å². The Labute approximate surface area is 200 Å². The molecule has 0 unspecified atom stereocenters. The average molecular weight is 433 g/mol. The van der Waals surface area contributed by atoms with E-state index in [-0.39, 0.29) is 58.2 Å². The SMILES string of the molecule is CC(C)(C)C1=[C-]C(C(C)(C)C)=CC1.CC(C)(C)C1=[C-]C(C(C)(C)C)=CC1.[CH3-].[CH3-].[Ti+4]. The molecule has 0 spiro atoms. The largest absolute Gasteiger partial charge is 4.00 e. The van der Waals surface area contributed by atoms with Crippen molar-refractivity contribution in [3.8, 4) is 0 Å². The number of rotatable bonds is 0. The quantitative estimate of drug-likeness (QED) is 0.264. The van der Waals surface area contributed by atoms with Crippen molar-refractivity contribution in [3.63, 3.8) is 0 Å². The first-order valence-corrected chi connectivity index (χ1v) is 10.1. The first-order valence-electron chi connectivity index (χ1n) is 10.1. The first-order chi connectivity index (χ1) is 11.4. The van der Waals surface area contributed by atoms with E-state index >= 15 is 0 Å². The zero-order valence-electron chi connectivity index (χ0n) is 22.1. The second-order valence-electron chi connectivity index (χ2n) is 11.9. The molecule has 1 heteroatoms. The average Bonchev–Trinajstić information content (AvgIpc) is 3.06. The molecule has 29 heavy (non-hydrogen) atoms. The van der Waals surface area contributed by atoms with Crippen molar-refractivity contribution in [2.45, 2.75) is 95.9 Å². The predicted molar refractivity (Wildman–Crippen MR) is 130 cm³/mol. The van der Waals surface area contributed by atoms with Gasteiger partial charge in [-0.25, -0.2) is 35.5 Å². The molecule has 0 aliphatic heterocycles. The number of hydrogen-bond acceptors (Lipinski definition) is 0. The van der Waals surface area contributed by atoms with Crippen LogP contribution in [0.25, 0.3) is 0 Å². The van der Waals surface area contributed by atoms with Crippen LogP contribution in [0.1, 0.15) is 95.9 Å². The maximum absolute atomic E-state index is 3.55. The first kappa shape index (κ1) is 33.3. The van der Waals surface area contributed by atoms with E-state index in [4.69, 9.17) is 0 Å². The normalized spacial score (nSPS) is 16.7. The van der Waals surface area contributed by atoms with Crippen LogP contribution in [0, 0.1) is 48.7 Å². The van der Waals surface area contributed by atoms with Gasteiger partial charge in [0.25, 0.3) is 0 Å². The molecule has 2 rings (SSSR count). The van der Waals surface area contributed by atoms with Gasteiger partial charge in [-0.05, 0) is 21.7 Å². The maximum atomic E-state index is 3.55. The molecule has 0 nitrogen and oxygen atoms in total. The van der Waals surface area contributed by atoms with Crippen LogP contribution in [0.2, 0.25) is 0 Å². The minimum absolute atomic E-state index is 0. The molecule has 0 saturated carbocycles. The van der Waals surface area contributed by atoms with Crippen LogP contribution in [-0.4, -0.2) is 0 Å². The minimum Gasteiger partial charge on any atom is -0.358 e. The molecule has 2 aliphatic carbocycles. The standard InChI is InChI=1S/2C13H21.2CH3.Ti/c2*1-12(2,3)10-7-8-11(9-10)13(4,5)6;;;/h2*7H,8H2,1-6H3;2*1H3;/q4*-1;+4. The van der Waals surface area contributed by atoms with Gasteiger partial charge >= 0.3 is 21.7 Å². The monoisotopic (exact) mass is 432 g/mol. The third-order valence-electron chi connectivity index (χ3n) is 5.02. The Morgan fingerprint density at radius 3 is 0.862 bits per heavy atom. The molecule has 164 valence electrons. The predicted octanol–water partition coefficient (Wildman–Crippen LogP) is 9.17. The van der Waals surface area contributed by atoms with E-state index in [0.717, 1.165) is 12.8 Å². The molecule has 0 aromatic heterocycles. The minimum atomic E-state index is 0. The third kappa shape index (κ3) is 10.5. The maximum Gasteiger partial charge on any atom is 4.00 e. The molecule has 0 bridgehead atoms. The smallest absolute Gasteiger partial charge is 0.358 e. The van der Waals surface area contributed by atoms with E-state index in [1.807, 2.05) is 0 Å². The van der Waals surface area contributed by atoms with Crippen molar-refractivity contribution in [1.29, 1.82) is 0 Å². The molecule has 0 saturated heterocycles. The van der Waals surface area contributed by atoms with Crippen LogP contribution >= 0.6 is 0 Å². The van der Waals surface area contributed by atoms with Crippen LogP contribution < -0.4 is 0 Å². The van der Waals surface area contributed by atoms with Crippen molar-refractivity contribution in [2.75, 3.05) is 0 Å². The summed E-state index contributed by atoms with van der Waals surface area (Å²) < 4.78 is 0. The van der Waals surface area contributed by atoms with Gasteiger partial charge in [-0.3, -0.25) is 0 Å². The van der Waals surface area contributed by atoms with Gasteiger partial charge in [0, 0.05) is 0 Å². The van der Waals surface area contributed by atoms with Crippen LogP contribution in [0.5, 0.6) is 0 Å². The summed E-state index contributed by atoms with van der Waals surface area (Å²) in [5.74, 6) is 0. The van der Waals surface area contributed by atoms with Gasteiger partial charge < -0.3 is 14.9 Å². The summed E-state index contributed by atoms with van der Waals surface area (Å²) in [6.07, 6.45) is 13.9. The summed E-state index contributed by atoms with van der Waals surface area (Å²) in [6.45, 7) is 27.0. The van der Waals surface area contributed by atoms with E-state index in [1.165, 1.54) is 22.3 Å². The number of allylic oxidation sites excluding steroid dienone is 8. The van der Waals surface area contributed by atoms with E-state index in [9.17, 15) is 0 Å². The molecule has 0 atom stereocenters. The van der Waals surface area contributed by atoms with Gasteiger partial charge in [0.2, 0.25) is 0 Å². The molecule has 0 N–H and O–H groups in total.